The largest absolute Gasteiger partial charge is 0.497 e. The monoisotopic (exact) mass is 273 g/mol. The first-order chi connectivity index (χ1) is 9.69. The van der Waals surface area contributed by atoms with Gasteiger partial charge in [0.15, 0.2) is 0 Å². The average Bonchev–Trinajstić information content (AvgIpc) is 2.86. The van der Waals surface area contributed by atoms with Gasteiger partial charge >= 0.3 is 0 Å². The number of nitrogens with one attached hydrogen (secondary N) is 1. The zero-order valence-electron chi connectivity index (χ0n) is 12.5. The van der Waals surface area contributed by atoms with Crippen molar-refractivity contribution in [1.29, 1.82) is 0 Å². The highest BCUT2D eigenvalue weighted by molar-refractivity contribution is 5.27. The number of hydrogen-bond donors (Lipinski definition) is 1. The Bertz CT molecular complexity index is 517. The summed E-state index contributed by atoms with van der Waals surface area (Å²) < 4.78 is 7.23. The Kier molecular flexibility index (Phi) is 5.18. The van der Waals surface area contributed by atoms with Crippen LogP contribution in [0, 0.1) is 5.92 Å². The second-order valence-corrected chi connectivity index (χ2v) is 5.35. The van der Waals surface area contributed by atoms with Gasteiger partial charge in [-0.25, -0.2) is 0 Å². The molecule has 2 rings (SSSR count). The van der Waals surface area contributed by atoms with Gasteiger partial charge in [0, 0.05) is 25.8 Å². The highest BCUT2D eigenvalue weighted by Gasteiger charge is 2.04. The van der Waals surface area contributed by atoms with Crippen LogP contribution >= 0.6 is 0 Å². The summed E-state index contributed by atoms with van der Waals surface area (Å²) in [7, 11) is 1.68. The Morgan fingerprint density at radius 1 is 1.15 bits per heavy atom. The molecule has 0 amide bonds. The molecule has 0 fully saturated rings. The molecule has 108 valence electrons. The van der Waals surface area contributed by atoms with E-state index in [2.05, 4.69) is 47.1 Å². The molecule has 0 aliphatic heterocycles. The van der Waals surface area contributed by atoms with Crippen LogP contribution < -0.4 is 10.1 Å². The summed E-state index contributed by atoms with van der Waals surface area (Å²) >= 11 is 0. The lowest BCUT2D eigenvalue weighted by atomic mass is 10.2. The van der Waals surface area contributed by atoms with E-state index >= 15 is 0 Å². The number of methoxy groups -OCH3 is 1. The summed E-state index contributed by atoms with van der Waals surface area (Å²) in [6.45, 7) is 7.05. The molecule has 0 saturated carbocycles. The fraction of sp³-hybridized carbons (Fsp3) is 0.438. The van der Waals surface area contributed by atoms with E-state index in [-0.39, 0.29) is 0 Å². The molecule has 0 saturated heterocycles. The molecule has 20 heavy (non-hydrogen) atoms. The molecule has 0 unspecified atom stereocenters. The van der Waals surface area contributed by atoms with Crippen LogP contribution in [0.15, 0.2) is 36.5 Å². The fourth-order valence-corrected chi connectivity index (χ4v) is 2.10. The number of hydrogen-bond acceptors (Lipinski definition) is 3. The lowest BCUT2D eigenvalue weighted by Crippen LogP contribution is -2.17. The molecule has 1 aromatic heterocycles. The van der Waals surface area contributed by atoms with Crippen molar-refractivity contribution in [3.05, 3.63) is 47.8 Å². The number of ether oxygens (including phenoxy) is 1. The maximum absolute atomic E-state index is 5.15. The predicted molar refractivity (Wildman–Crippen MR) is 80.6 cm³/mol. The Morgan fingerprint density at radius 2 is 1.90 bits per heavy atom. The van der Waals surface area contributed by atoms with Crippen molar-refractivity contribution in [3.63, 3.8) is 0 Å². The van der Waals surface area contributed by atoms with Crippen molar-refractivity contribution in [2.75, 3.05) is 7.11 Å². The molecule has 0 aliphatic carbocycles. The number of rotatable bonds is 7. The van der Waals surface area contributed by atoms with Crippen molar-refractivity contribution in [1.82, 2.24) is 15.1 Å². The number of aromatic nitrogens is 2. The van der Waals surface area contributed by atoms with Crippen LogP contribution in [0.1, 0.15) is 25.1 Å². The van der Waals surface area contributed by atoms with Crippen LogP contribution in [0.25, 0.3) is 0 Å². The molecule has 0 spiro atoms. The molecule has 1 heterocycles. The van der Waals surface area contributed by atoms with Crippen molar-refractivity contribution in [2.45, 2.75) is 33.5 Å². The maximum Gasteiger partial charge on any atom is 0.118 e. The third kappa shape index (κ3) is 4.10. The lowest BCUT2D eigenvalue weighted by Gasteiger charge is -2.11. The zero-order chi connectivity index (χ0) is 14.4. The third-order valence-electron chi connectivity index (χ3n) is 3.14. The van der Waals surface area contributed by atoms with E-state index in [4.69, 9.17) is 4.74 Å². The van der Waals surface area contributed by atoms with E-state index < -0.39 is 0 Å². The summed E-state index contributed by atoms with van der Waals surface area (Å²) in [5, 5.41) is 7.82. The van der Waals surface area contributed by atoms with E-state index in [9.17, 15) is 0 Å². The van der Waals surface area contributed by atoms with Gasteiger partial charge in [0.25, 0.3) is 0 Å². The van der Waals surface area contributed by atoms with Gasteiger partial charge in [-0.2, -0.15) is 5.10 Å². The SMILES string of the molecule is COc1ccc(CNCc2ccnn2CC(C)C)cc1. The number of benzene rings is 1. The van der Waals surface area contributed by atoms with E-state index in [1.807, 2.05) is 18.3 Å². The minimum atomic E-state index is 0.607. The quantitative estimate of drug-likeness (QED) is 0.843. The Morgan fingerprint density at radius 3 is 2.55 bits per heavy atom. The van der Waals surface area contributed by atoms with Crippen LogP contribution in [0.2, 0.25) is 0 Å². The Hall–Kier alpha value is -1.81. The normalized spacial score (nSPS) is 11.0. The predicted octanol–water partition coefficient (Wildman–Crippen LogP) is 2.84. The second kappa shape index (κ2) is 7.10. The zero-order valence-corrected chi connectivity index (χ0v) is 12.5. The van der Waals surface area contributed by atoms with Crippen LogP contribution in [0.5, 0.6) is 5.75 Å². The van der Waals surface area contributed by atoms with Crippen LogP contribution in [0.4, 0.5) is 0 Å². The molecular formula is C16H23N3O. The van der Waals surface area contributed by atoms with E-state index in [1.165, 1.54) is 11.3 Å². The molecule has 0 atom stereocenters. The van der Waals surface area contributed by atoms with Crippen molar-refractivity contribution in [2.24, 2.45) is 5.92 Å². The van der Waals surface area contributed by atoms with Gasteiger partial charge in [-0.3, -0.25) is 4.68 Å². The smallest absolute Gasteiger partial charge is 0.118 e. The minimum Gasteiger partial charge on any atom is -0.497 e. The number of nitrogens with zero attached hydrogens (tertiary/aromatic N) is 2. The third-order valence-corrected chi connectivity index (χ3v) is 3.14. The maximum atomic E-state index is 5.15. The van der Waals surface area contributed by atoms with Crippen molar-refractivity contribution < 1.29 is 4.74 Å². The fourth-order valence-electron chi connectivity index (χ4n) is 2.10. The van der Waals surface area contributed by atoms with Gasteiger partial charge in [0.1, 0.15) is 5.75 Å². The first-order valence-corrected chi connectivity index (χ1v) is 7.03. The average molecular weight is 273 g/mol. The molecule has 0 aliphatic rings. The summed E-state index contributed by atoms with van der Waals surface area (Å²) in [6.07, 6.45) is 1.87. The van der Waals surface area contributed by atoms with E-state index in [1.54, 1.807) is 7.11 Å². The molecule has 2 aromatic rings. The summed E-state index contributed by atoms with van der Waals surface area (Å²) in [5.41, 5.74) is 2.48. The molecule has 1 aromatic carbocycles. The van der Waals surface area contributed by atoms with Gasteiger partial charge in [-0.15, -0.1) is 0 Å². The highest BCUT2D eigenvalue weighted by atomic mass is 16.5. The summed E-state index contributed by atoms with van der Waals surface area (Å²) in [4.78, 5) is 0. The topological polar surface area (TPSA) is 39.1 Å². The van der Waals surface area contributed by atoms with Gasteiger partial charge < -0.3 is 10.1 Å². The van der Waals surface area contributed by atoms with Crippen LogP contribution in [-0.2, 0) is 19.6 Å². The van der Waals surface area contributed by atoms with Gasteiger partial charge in [-0.1, -0.05) is 26.0 Å². The van der Waals surface area contributed by atoms with Gasteiger partial charge in [0.05, 0.1) is 12.8 Å². The first kappa shape index (κ1) is 14.6. The first-order valence-electron chi connectivity index (χ1n) is 7.03. The Balaban J connectivity index is 1.84. The highest BCUT2D eigenvalue weighted by Crippen LogP contribution is 2.11. The van der Waals surface area contributed by atoms with E-state index in [0.717, 1.165) is 25.4 Å². The van der Waals surface area contributed by atoms with Crippen LogP contribution in [-0.4, -0.2) is 16.9 Å². The van der Waals surface area contributed by atoms with E-state index in [0.29, 0.717) is 5.92 Å². The molecule has 0 bridgehead atoms. The molecular weight excluding hydrogens is 250 g/mol. The molecule has 4 heteroatoms. The lowest BCUT2D eigenvalue weighted by molar-refractivity contribution is 0.414. The second-order valence-electron chi connectivity index (χ2n) is 5.35. The summed E-state index contributed by atoms with van der Waals surface area (Å²) in [5.74, 6) is 1.50. The standard InChI is InChI=1S/C16H23N3O/c1-13(2)12-19-15(8-9-18-19)11-17-10-14-4-6-16(20-3)7-5-14/h4-9,13,17H,10-12H2,1-3H3. The molecule has 0 radical (unpaired) electrons. The minimum absolute atomic E-state index is 0.607. The molecule has 4 nitrogen and oxygen atoms in total. The van der Waals surface area contributed by atoms with Gasteiger partial charge in [-0.05, 0) is 29.7 Å². The van der Waals surface area contributed by atoms with Gasteiger partial charge in [0.2, 0.25) is 0 Å². The van der Waals surface area contributed by atoms with Crippen LogP contribution in [0.3, 0.4) is 0 Å². The summed E-state index contributed by atoms with van der Waals surface area (Å²) in [6, 6.07) is 10.2. The molecule has 1 N–H and O–H groups in total. The Labute approximate surface area is 120 Å². The van der Waals surface area contributed by atoms with Crippen molar-refractivity contribution >= 4 is 0 Å². The van der Waals surface area contributed by atoms with Crippen molar-refractivity contribution in [3.8, 4) is 5.75 Å².